The van der Waals surface area contributed by atoms with Gasteiger partial charge in [-0.15, -0.1) is 34.2 Å². The molecule has 2 rings (SSSR count). The van der Waals surface area contributed by atoms with Crippen LogP contribution in [0.4, 0.5) is 0 Å². The summed E-state index contributed by atoms with van der Waals surface area (Å²) >= 11 is 0. The van der Waals surface area contributed by atoms with Gasteiger partial charge in [-0.25, -0.2) is 4.99 Å². The Bertz CT molecular complexity index is 520. The standard InChI is InChI=1S/C18H34N6.HI/c1-14(2)9-8-12-19-18(21-16-10-6-5-7-11-16)20-13-17-23-22-15(3)24(17)4;/h14,16H,5-13H2,1-4H3,(H2,19,20,21);1H. The van der Waals surface area contributed by atoms with E-state index >= 15 is 0 Å². The summed E-state index contributed by atoms with van der Waals surface area (Å²) in [7, 11) is 1.99. The summed E-state index contributed by atoms with van der Waals surface area (Å²) in [6.45, 7) is 8.03. The number of halogens is 1. The van der Waals surface area contributed by atoms with Crippen molar-refractivity contribution < 1.29 is 0 Å². The van der Waals surface area contributed by atoms with Crippen LogP contribution >= 0.6 is 24.0 Å². The Morgan fingerprint density at radius 1 is 1.24 bits per heavy atom. The van der Waals surface area contributed by atoms with Gasteiger partial charge in [-0.1, -0.05) is 33.1 Å². The third kappa shape index (κ3) is 7.92. The number of aliphatic imine (C=N–C) groups is 1. The van der Waals surface area contributed by atoms with Gasteiger partial charge in [-0.05, 0) is 38.5 Å². The topological polar surface area (TPSA) is 67.1 Å². The third-order valence-electron chi connectivity index (χ3n) is 4.76. The summed E-state index contributed by atoms with van der Waals surface area (Å²) in [5.41, 5.74) is 0. The number of aromatic nitrogens is 3. The third-order valence-corrected chi connectivity index (χ3v) is 4.76. The molecule has 0 spiro atoms. The molecule has 1 heterocycles. The van der Waals surface area contributed by atoms with Gasteiger partial charge in [0.05, 0.1) is 0 Å². The molecule has 0 aromatic carbocycles. The molecule has 25 heavy (non-hydrogen) atoms. The van der Waals surface area contributed by atoms with Crippen LogP contribution in [-0.4, -0.2) is 33.3 Å². The van der Waals surface area contributed by atoms with Gasteiger partial charge >= 0.3 is 0 Å². The van der Waals surface area contributed by atoms with Crippen LogP contribution in [0, 0.1) is 12.8 Å². The zero-order valence-electron chi connectivity index (χ0n) is 16.2. The molecule has 2 N–H and O–H groups in total. The predicted octanol–water partition coefficient (Wildman–Crippen LogP) is 3.55. The molecule has 144 valence electrons. The van der Waals surface area contributed by atoms with E-state index in [2.05, 4.69) is 34.7 Å². The van der Waals surface area contributed by atoms with Crippen LogP contribution in [0.15, 0.2) is 4.99 Å². The molecule has 1 aliphatic carbocycles. The first-order valence-corrected chi connectivity index (χ1v) is 9.46. The molecule has 6 nitrogen and oxygen atoms in total. The van der Waals surface area contributed by atoms with E-state index in [1.807, 2.05) is 18.5 Å². The number of nitrogens with one attached hydrogen (secondary N) is 2. The summed E-state index contributed by atoms with van der Waals surface area (Å²) in [5, 5.41) is 15.4. The maximum atomic E-state index is 4.75. The van der Waals surface area contributed by atoms with Crippen molar-refractivity contribution in [2.24, 2.45) is 18.0 Å². The highest BCUT2D eigenvalue weighted by atomic mass is 127. The fraction of sp³-hybridized carbons (Fsp3) is 0.833. The Morgan fingerprint density at radius 3 is 2.56 bits per heavy atom. The fourth-order valence-electron chi connectivity index (χ4n) is 3.05. The maximum absolute atomic E-state index is 4.75. The largest absolute Gasteiger partial charge is 0.356 e. The number of guanidine groups is 1. The highest BCUT2D eigenvalue weighted by molar-refractivity contribution is 14.0. The average Bonchev–Trinajstić information content (AvgIpc) is 2.89. The number of hydrogen-bond donors (Lipinski definition) is 2. The summed E-state index contributed by atoms with van der Waals surface area (Å²) in [6, 6.07) is 0.552. The molecule has 7 heteroatoms. The molecule has 0 aliphatic heterocycles. The second-order valence-corrected chi connectivity index (χ2v) is 7.33. The number of aryl methyl sites for hydroxylation is 1. The Kier molecular flexibility index (Phi) is 10.4. The zero-order chi connectivity index (χ0) is 17.4. The number of rotatable bonds is 7. The van der Waals surface area contributed by atoms with Gasteiger partial charge in [0.2, 0.25) is 0 Å². The molecule has 1 aromatic rings. The fourth-order valence-corrected chi connectivity index (χ4v) is 3.05. The SMILES string of the molecule is Cc1nnc(CN=C(NCCCC(C)C)NC2CCCCC2)n1C.I. The highest BCUT2D eigenvalue weighted by Gasteiger charge is 2.15. The Morgan fingerprint density at radius 2 is 1.96 bits per heavy atom. The van der Waals surface area contributed by atoms with Gasteiger partial charge in [-0.3, -0.25) is 0 Å². The second kappa shape index (κ2) is 11.7. The number of nitrogens with zero attached hydrogens (tertiary/aromatic N) is 4. The molecular weight excluding hydrogens is 427 g/mol. The highest BCUT2D eigenvalue weighted by Crippen LogP contribution is 2.17. The van der Waals surface area contributed by atoms with Gasteiger partial charge < -0.3 is 15.2 Å². The lowest BCUT2D eigenvalue weighted by Gasteiger charge is -2.25. The van der Waals surface area contributed by atoms with Crippen molar-refractivity contribution >= 4 is 29.9 Å². The summed E-state index contributed by atoms with van der Waals surface area (Å²) in [4.78, 5) is 4.75. The smallest absolute Gasteiger partial charge is 0.191 e. The van der Waals surface area contributed by atoms with Gasteiger partial charge in [0, 0.05) is 19.6 Å². The van der Waals surface area contributed by atoms with Crippen molar-refractivity contribution in [3.05, 3.63) is 11.6 Å². The maximum Gasteiger partial charge on any atom is 0.191 e. The quantitative estimate of drug-likeness (QED) is 0.282. The van der Waals surface area contributed by atoms with Crippen molar-refractivity contribution in [1.29, 1.82) is 0 Å². The van der Waals surface area contributed by atoms with E-state index < -0.39 is 0 Å². The van der Waals surface area contributed by atoms with E-state index in [1.165, 1.54) is 44.9 Å². The number of hydrogen-bond acceptors (Lipinski definition) is 3. The van der Waals surface area contributed by atoms with Crippen molar-refractivity contribution in [3.8, 4) is 0 Å². The molecule has 1 aliphatic rings. The normalized spacial score (nSPS) is 16.0. The monoisotopic (exact) mass is 462 g/mol. The van der Waals surface area contributed by atoms with Crippen LogP contribution in [-0.2, 0) is 13.6 Å². The van der Waals surface area contributed by atoms with Crippen molar-refractivity contribution in [2.75, 3.05) is 6.54 Å². The molecule has 0 saturated heterocycles. The second-order valence-electron chi connectivity index (χ2n) is 7.33. The van der Waals surface area contributed by atoms with Gasteiger partial charge in [-0.2, -0.15) is 0 Å². The van der Waals surface area contributed by atoms with Crippen LogP contribution in [0.2, 0.25) is 0 Å². The lowest BCUT2D eigenvalue weighted by molar-refractivity contribution is 0.409. The Hall–Kier alpha value is -0.860. The van der Waals surface area contributed by atoms with Crippen molar-refractivity contribution in [3.63, 3.8) is 0 Å². The van der Waals surface area contributed by atoms with Gasteiger partial charge in [0.25, 0.3) is 0 Å². The molecular formula is C18H35IN6. The zero-order valence-corrected chi connectivity index (χ0v) is 18.5. The Balaban J connectivity index is 0.00000312. The molecule has 0 atom stereocenters. The lowest BCUT2D eigenvalue weighted by Crippen LogP contribution is -2.44. The molecule has 0 radical (unpaired) electrons. The first-order chi connectivity index (χ1) is 11.6. The van der Waals surface area contributed by atoms with Gasteiger partial charge in [0.1, 0.15) is 12.4 Å². The summed E-state index contributed by atoms with van der Waals surface area (Å²) in [6.07, 6.45) is 8.91. The molecule has 0 unspecified atom stereocenters. The van der Waals surface area contributed by atoms with Crippen molar-refractivity contribution in [2.45, 2.75) is 78.3 Å². The molecule has 1 aromatic heterocycles. The van der Waals surface area contributed by atoms with E-state index in [9.17, 15) is 0 Å². The van der Waals surface area contributed by atoms with E-state index in [0.717, 1.165) is 30.1 Å². The first-order valence-electron chi connectivity index (χ1n) is 9.46. The van der Waals surface area contributed by atoms with E-state index in [4.69, 9.17) is 4.99 Å². The van der Waals surface area contributed by atoms with Crippen LogP contribution in [0.1, 0.15) is 70.4 Å². The minimum atomic E-state index is 0. The van der Waals surface area contributed by atoms with Crippen molar-refractivity contribution in [1.82, 2.24) is 25.4 Å². The summed E-state index contributed by atoms with van der Waals surface area (Å²) in [5.74, 6) is 3.50. The Labute approximate surface area is 169 Å². The molecule has 1 fully saturated rings. The lowest BCUT2D eigenvalue weighted by atomic mass is 9.96. The predicted molar refractivity (Wildman–Crippen MR) is 114 cm³/mol. The minimum absolute atomic E-state index is 0. The molecule has 0 amide bonds. The molecule has 1 saturated carbocycles. The van der Waals surface area contributed by atoms with Gasteiger partial charge in [0.15, 0.2) is 11.8 Å². The van der Waals surface area contributed by atoms with Crippen LogP contribution in [0.3, 0.4) is 0 Å². The van der Waals surface area contributed by atoms with E-state index in [-0.39, 0.29) is 24.0 Å². The minimum Gasteiger partial charge on any atom is -0.356 e. The van der Waals surface area contributed by atoms with E-state index in [0.29, 0.717) is 12.6 Å². The summed E-state index contributed by atoms with van der Waals surface area (Å²) < 4.78 is 2.00. The first kappa shape index (κ1) is 22.2. The average molecular weight is 462 g/mol. The van der Waals surface area contributed by atoms with Crippen LogP contribution in [0.25, 0.3) is 0 Å². The van der Waals surface area contributed by atoms with Crippen LogP contribution < -0.4 is 10.6 Å². The van der Waals surface area contributed by atoms with Crippen LogP contribution in [0.5, 0.6) is 0 Å². The molecule has 0 bridgehead atoms. The van der Waals surface area contributed by atoms with E-state index in [1.54, 1.807) is 0 Å².